The van der Waals surface area contributed by atoms with E-state index in [1.165, 1.54) is 51.0 Å². The molecule has 1 rings (SSSR count). The van der Waals surface area contributed by atoms with Crippen molar-refractivity contribution in [1.82, 2.24) is 0 Å². The first kappa shape index (κ1) is 14.2. The van der Waals surface area contributed by atoms with E-state index in [2.05, 4.69) is 27.7 Å². The molecule has 0 N–H and O–H groups in total. The van der Waals surface area contributed by atoms with Crippen molar-refractivity contribution in [2.45, 2.75) is 84.3 Å². The Hall–Kier alpha value is 0.177. The van der Waals surface area contributed by atoms with Crippen LogP contribution in [0.1, 0.15) is 72.6 Å². The molecule has 0 aliphatic heterocycles. The third-order valence-corrected chi connectivity index (χ3v) is 5.77. The van der Waals surface area contributed by atoms with Gasteiger partial charge in [-0.25, -0.2) is 0 Å². The van der Waals surface area contributed by atoms with Gasteiger partial charge in [-0.15, -0.1) is 0 Å². The van der Waals surface area contributed by atoms with Crippen LogP contribution in [0.2, 0.25) is 6.04 Å². The Labute approximate surface area is 104 Å². The molecule has 1 saturated carbocycles. The molecule has 2 radical (unpaired) electrons. The lowest BCUT2D eigenvalue weighted by Gasteiger charge is -2.50. The molecule has 2 atom stereocenters. The molecule has 0 aromatic carbocycles. The molecule has 2 unspecified atom stereocenters. The van der Waals surface area contributed by atoms with Crippen LogP contribution in [-0.4, -0.2) is 15.4 Å². The summed E-state index contributed by atoms with van der Waals surface area (Å²) in [6, 6.07) is 1.26. The van der Waals surface area contributed by atoms with Crippen molar-refractivity contribution in [1.29, 1.82) is 0 Å². The van der Waals surface area contributed by atoms with Crippen LogP contribution < -0.4 is 0 Å². The maximum atomic E-state index is 6.31. The normalized spacial score (nSPS) is 35.2. The minimum atomic E-state index is 0.145. The Morgan fingerprint density at radius 2 is 1.81 bits per heavy atom. The highest BCUT2D eigenvalue weighted by atomic mass is 28.2. The fourth-order valence-electron chi connectivity index (χ4n) is 2.73. The van der Waals surface area contributed by atoms with Gasteiger partial charge in [-0.05, 0) is 37.6 Å². The minimum Gasteiger partial charge on any atom is -0.412 e. The second-order valence-corrected chi connectivity index (χ2v) is 6.69. The average molecular weight is 240 g/mol. The molecule has 0 aromatic heterocycles. The molecule has 0 amide bonds. The summed E-state index contributed by atoms with van der Waals surface area (Å²) >= 11 is 0. The van der Waals surface area contributed by atoms with E-state index in [4.69, 9.17) is 4.43 Å². The predicted octanol–water partition coefficient (Wildman–Crippen LogP) is 4.59. The van der Waals surface area contributed by atoms with Crippen LogP contribution >= 0.6 is 0 Å². The highest BCUT2D eigenvalue weighted by Crippen LogP contribution is 2.48. The molecule has 16 heavy (non-hydrogen) atoms. The first-order valence-electron chi connectivity index (χ1n) is 6.99. The molecular weight excluding hydrogens is 212 g/mol. The lowest BCUT2D eigenvalue weighted by Crippen LogP contribution is -2.49. The maximum Gasteiger partial charge on any atom is 0.230 e. The van der Waals surface area contributed by atoms with Gasteiger partial charge in [0, 0.05) is 0 Å². The molecule has 94 valence electrons. The van der Waals surface area contributed by atoms with Crippen LogP contribution in [-0.2, 0) is 4.43 Å². The lowest BCUT2D eigenvalue weighted by molar-refractivity contribution is -0.0716. The van der Waals surface area contributed by atoms with Crippen molar-refractivity contribution in [3.05, 3.63) is 0 Å². The first-order chi connectivity index (χ1) is 7.58. The fraction of sp³-hybridized carbons (Fsp3) is 1.00. The fourth-order valence-corrected chi connectivity index (χ4v) is 3.99. The molecule has 1 aliphatic carbocycles. The molecular formula is C14H28OSi. The van der Waals surface area contributed by atoms with Gasteiger partial charge in [0.1, 0.15) is 0 Å². The molecule has 1 fully saturated rings. The van der Waals surface area contributed by atoms with Crippen molar-refractivity contribution in [3.63, 3.8) is 0 Å². The van der Waals surface area contributed by atoms with Gasteiger partial charge in [0.2, 0.25) is 9.76 Å². The number of rotatable bonds is 6. The molecule has 0 bridgehead atoms. The van der Waals surface area contributed by atoms with E-state index in [9.17, 15) is 0 Å². The van der Waals surface area contributed by atoms with Crippen molar-refractivity contribution < 1.29 is 4.43 Å². The van der Waals surface area contributed by atoms with Gasteiger partial charge in [0.15, 0.2) is 0 Å². The van der Waals surface area contributed by atoms with E-state index in [1.54, 1.807) is 0 Å². The Morgan fingerprint density at radius 3 is 2.44 bits per heavy atom. The summed E-state index contributed by atoms with van der Waals surface area (Å²) in [5, 5.41) is 0. The Balaban J connectivity index is 2.50. The second-order valence-electron chi connectivity index (χ2n) is 5.70. The summed E-state index contributed by atoms with van der Waals surface area (Å²) in [7, 11) is 0.711. The standard InChI is InChI=1S/C14H28OSi/c1-5-7-12-16-15-14(4)11-9-8-10-13(14,3)6-2/h5-12H2,1-4H3. The third kappa shape index (κ3) is 3.10. The van der Waals surface area contributed by atoms with Crippen LogP contribution in [0.25, 0.3) is 0 Å². The SMILES string of the molecule is CCCC[Si]OC1(C)CCCCC1(C)CC. The average Bonchev–Trinajstić information content (AvgIpc) is 2.29. The van der Waals surface area contributed by atoms with Gasteiger partial charge < -0.3 is 4.43 Å². The van der Waals surface area contributed by atoms with E-state index < -0.39 is 0 Å². The first-order valence-corrected chi connectivity index (χ1v) is 8.10. The van der Waals surface area contributed by atoms with Crippen molar-refractivity contribution in [3.8, 4) is 0 Å². The molecule has 0 aromatic rings. The summed E-state index contributed by atoms with van der Waals surface area (Å²) in [5.41, 5.74) is 0.552. The van der Waals surface area contributed by atoms with E-state index in [0.717, 1.165) is 0 Å². The smallest absolute Gasteiger partial charge is 0.230 e. The molecule has 0 saturated heterocycles. The van der Waals surface area contributed by atoms with Crippen LogP contribution in [0, 0.1) is 5.41 Å². The van der Waals surface area contributed by atoms with Crippen LogP contribution in [0.3, 0.4) is 0 Å². The predicted molar refractivity (Wildman–Crippen MR) is 71.8 cm³/mol. The van der Waals surface area contributed by atoms with E-state index in [0.29, 0.717) is 15.2 Å². The molecule has 1 aliphatic rings. The van der Waals surface area contributed by atoms with E-state index in [-0.39, 0.29) is 5.60 Å². The topological polar surface area (TPSA) is 9.23 Å². The number of hydrogen-bond donors (Lipinski definition) is 0. The number of hydrogen-bond acceptors (Lipinski definition) is 1. The van der Waals surface area contributed by atoms with Crippen molar-refractivity contribution in [2.75, 3.05) is 0 Å². The van der Waals surface area contributed by atoms with Gasteiger partial charge in [-0.2, -0.15) is 0 Å². The van der Waals surface area contributed by atoms with Gasteiger partial charge in [0.05, 0.1) is 5.60 Å². The summed E-state index contributed by atoms with van der Waals surface area (Å²) in [5.74, 6) is 0. The van der Waals surface area contributed by atoms with Crippen LogP contribution in [0.4, 0.5) is 0 Å². The van der Waals surface area contributed by atoms with Gasteiger partial charge in [-0.3, -0.25) is 0 Å². The maximum absolute atomic E-state index is 6.31. The second kappa shape index (κ2) is 6.20. The largest absolute Gasteiger partial charge is 0.412 e. The Morgan fingerprint density at radius 1 is 1.12 bits per heavy atom. The zero-order chi connectivity index (χ0) is 12.1. The van der Waals surface area contributed by atoms with Gasteiger partial charge in [-0.1, -0.05) is 46.5 Å². The highest BCUT2D eigenvalue weighted by Gasteiger charge is 2.45. The summed E-state index contributed by atoms with van der Waals surface area (Å²) < 4.78 is 6.31. The highest BCUT2D eigenvalue weighted by molar-refractivity contribution is 6.27. The van der Waals surface area contributed by atoms with Crippen molar-refractivity contribution in [2.24, 2.45) is 5.41 Å². The third-order valence-electron chi connectivity index (χ3n) is 4.62. The van der Waals surface area contributed by atoms with E-state index >= 15 is 0 Å². The molecule has 1 nitrogen and oxygen atoms in total. The molecule has 2 heteroatoms. The monoisotopic (exact) mass is 240 g/mol. The molecule has 0 spiro atoms. The quantitative estimate of drug-likeness (QED) is 0.487. The molecule has 0 heterocycles. The van der Waals surface area contributed by atoms with Crippen molar-refractivity contribution >= 4 is 9.76 Å². The lowest BCUT2D eigenvalue weighted by atomic mass is 9.64. The summed E-state index contributed by atoms with van der Waals surface area (Å²) in [6.45, 7) is 9.36. The van der Waals surface area contributed by atoms with Crippen LogP contribution in [0.5, 0.6) is 0 Å². The zero-order valence-corrected chi connectivity index (χ0v) is 12.6. The Bertz CT molecular complexity index is 207. The van der Waals surface area contributed by atoms with Gasteiger partial charge in [0.25, 0.3) is 0 Å². The summed E-state index contributed by atoms with van der Waals surface area (Å²) in [4.78, 5) is 0. The van der Waals surface area contributed by atoms with Crippen LogP contribution in [0.15, 0.2) is 0 Å². The zero-order valence-electron chi connectivity index (χ0n) is 11.6. The summed E-state index contributed by atoms with van der Waals surface area (Å²) in [6.07, 6.45) is 9.21. The minimum absolute atomic E-state index is 0.145. The van der Waals surface area contributed by atoms with Gasteiger partial charge >= 0.3 is 0 Å². The number of unbranched alkanes of at least 4 members (excludes halogenated alkanes) is 1. The Kier molecular flexibility index (Phi) is 5.52. The van der Waals surface area contributed by atoms with E-state index in [1.807, 2.05) is 0 Å².